The molecule has 0 spiro atoms. The van der Waals surface area contributed by atoms with Crippen LogP contribution in [0, 0.1) is 6.92 Å². The van der Waals surface area contributed by atoms with Crippen LogP contribution in [-0.4, -0.2) is 37.3 Å². The molecular formula is C16H27N3O. The first-order valence-corrected chi connectivity index (χ1v) is 7.55. The van der Waals surface area contributed by atoms with E-state index in [9.17, 15) is 0 Å². The van der Waals surface area contributed by atoms with Crippen LogP contribution in [0.2, 0.25) is 0 Å². The van der Waals surface area contributed by atoms with Gasteiger partial charge in [0.15, 0.2) is 0 Å². The predicted molar refractivity (Wildman–Crippen MR) is 83.2 cm³/mol. The Morgan fingerprint density at radius 1 is 1.45 bits per heavy atom. The number of anilines is 1. The van der Waals surface area contributed by atoms with Crippen LogP contribution in [0.4, 0.5) is 5.82 Å². The van der Waals surface area contributed by atoms with E-state index in [2.05, 4.69) is 43.1 Å². The number of aromatic nitrogens is 1. The Morgan fingerprint density at radius 2 is 2.25 bits per heavy atom. The Morgan fingerprint density at radius 3 is 2.90 bits per heavy atom. The first-order chi connectivity index (χ1) is 9.58. The molecule has 4 heteroatoms. The normalized spacial score (nSPS) is 23.1. The van der Waals surface area contributed by atoms with Crippen LogP contribution < -0.4 is 10.2 Å². The second-order valence-electron chi connectivity index (χ2n) is 5.87. The molecule has 112 valence electrons. The molecule has 0 amide bonds. The molecule has 4 nitrogen and oxygen atoms in total. The topological polar surface area (TPSA) is 37.4 Å². The second-order valence-corrected chi connectivity index (χ2v) is 5.87. The second kappa shape index (κ2) is 6.55. The Kier molecular flexibility index (Phi) is 5.00. The van der Waals surface area contributed by atoms with Gasteiger partial charge < -0.3 is 15.0 Å². The van der Waals surface area contributed by atoms with Gasteiger partial charge in [0.25, 0.3) is 0 Å². The maximum atomic E-state index is 5.66. The molecule has 1 fully saturated rings. The quantitative estimate of drug-likeness (QED) is 0.897. The first kappa shape index (κ1) is 15.3. The van der Waals surface area contributed by atoms with Crippen LogP contribution in [-0.2, 0) is 11.3 Å². The zero-order valence-corrected chi connectivity index (χ0v) is 13.2. The van der Waals surface area contributed by atoms with Gasteiger partial charge in [-0.25, -0.2) is 4.98 Å². The van der Waals surface area contributed by atoms with Gasteiger partial charge in [-0.15, -0.1) is 0 Å². The molecule has 1 atom stereocenters. The number of methoxy groups -OCH3 is 1. The molecule has 0 bridgehead atoms. The zero-order valence-electron chi connectivity index (χ0n) is 13.2. The number of hydrogen-bond acceptors (Lipinski definition) is 4. The van der Waals surface area contributed by atoms with E-state index in [4.69, 9.17) is 9.72 Å². The molecule has 0 aromatic carbocycles. The number of aryl methyl sites for hydroxylation is 1. The highest BCUT2D eigenvalue weighted by molar-refractivity contribution is 5.42. The summed E-state index contributed by atoms with van der Waals surface area (Å²) in [6.45, 7) is 10.3. The van der Waals surface area contributed by atoms with Crippen molar-refractivity contribution in [1.82, 2.24) is 10.3 Å². The minimum Gasteiger partial charge on any atom is -0.377 e. The smallest absolute Gasteiger partial charge is 0.128 e. The third-order valence-corrected chi connectivity index (χ3v) is 4.22. The third-order valence-electron chi connectivity index (χ3n) is 4.22. The van der Waals surface area contributed by atoms with Crippen molar-refractivity contribution in [1.29, 1.82) is 0 Å². The highest BCUT2D eigenvalue weighted by Gasteiger charge is 2.31. The van der Waals surface area contributed by atoms with Crippen molar-refractivity contribution in [3.8, 4) is 0 Å². The summed E-state index contributed by atoms with van der Waals surface area (Å²) in [6, 6.07) is 4.33. The van der Waals surface area contributed by atoms with E-state index in [1.807, 2.05) is 7.11 Å². The fraction of sp³-hybridized carbons (Fsp3) is 0.688. The summed E-state index contributed by atoms with van der Waals surface area (Å²) in [7, 11) is 1.81. The SMILES string of the molecule is CCNCc1ccc(N2CCCC(C)(OC)C2)nc1C. The predicted octanol–water partition coefficient (Wildman–Crippen LogP) is 2.50. The van der Waals surface area contributed by atoms with Crippen molar-refractivity contribution in [2.45, 2.75) is 45.8 Å². The molecule has 20 heavy (non-hydrogen) atoms. The minimum atomic E-state index is -0.0454. The number of nitrogens with zero attached hydrogens (tertiary/aromatic N) is 2. The van der Waals surface area contributed by atoms with Crippen LogP contribution in [0.25, 0.3) is 0 Å². The lowest BCUT2D eigenvalue weighted by molar-refractivity contribution is -0.00482. The van der Waals surface area contributed by atoms with Crippen molar-refractivity contribution in [2.75, 3.05) is 31.6 Å². The van der Waals surface area contributed by atoms with E-state index in [-0.39, 0.29) is 5.60 Å². The van der Waals surface area contributed by atoms with E-state index in [1.54, 1.807) is 0 Å². The van der Waals surface area contributed by atoms with E-state index < -0.39 is 0 Å². The minimum absolute atomic E-state index is 0.0454. The van der Waals surface area contributed by atoms with Gasteiger partial charge in [-0.1, -0.05) is 13.0 Å². The van der Waals surface area contributed by atoms with E-state index in [0.29, 0.717) is 0 Å². The van der Waals surface area contributed by atoms with Gasteiger partial charge in [-0.3, -0.25) is 0 Å². The van der Waals surface area contributed by atoms with Crippen LogP contribution >= 0.6 is 0 Å². The van der Waals surface area contributed by atoms with E-state index in [0.717, 1.165) is 50.5 Å². The van der Waals surface area contributed by atoms with Gasteiger partial charge in [0.2, 0.25) is 0 Å². The highest BCUT2D eigenvalue weighted by Crippen LogP contribution is 2.27. The molecule has 1 aromatic rings. The summed E-state index contributed by atoms with van der Waals surface area (Å²) in [5, 5.41) is 3.35. The van der Waals surface area contributed by atoms with Gasteiger partial charge in [0, 0.05) is 32.4 Å². The van der Waals surface area contributed by atoms with Gasteiger partial charge >= 0.3 is 0 Å². The zero-order chi connectivity index (χ0) is 14.6. The first-order valence-electron chi connectivity index (χ1n) is 7.55. The van der Waals surface area contributed by atoms with Crippen molar-refractivity contribution >= 4 is 5.82 Å². The lowest BCUT2D eigenvalue weighted by atomic mass is 9.95. The van der Waals surface area contributed by atoms with E-state index in [1.165, 1.54) is 5.56 Å². The Balaban J connectivity index is 2.11. The maximum absolute atomic E-state index is 5.66. The number of pyridine rings is 1. The number of ether oxygens (including phenoxy) is 1. The average Bonchev–Trinajstić information content (AvgIpc) is 2.46. The fourth-order valence-electron chi connectivity index (χ4n) is 2.77. The van der Waals surface area contributed by atoms with Crippen molar-refractivity contribution in [3.05, 3.63) is 23.4 Å². The third kappa shape index (κ3) is 3.49. The monoisotopic (exact) mass is 277 g/mol. The standard InChI is InChI=1S/C16H27N3O/c1-5-17-11-14-7-8-15(18-13(14)2)19-10-6-9-16(3,12-19)20-4/h7-8,17H,5-6,9-12H2,1-4H3. The summed E-state index contributed by atoms with van der Waals surface area (Å²) in [5.74, 6) is 1.07. The summed E-state index contributed by atoms with van der Waals surface area (Å²) >= 11 is 0. The molecular weight excluding hydrogens is 250 g/mol. The number of hydrogen-bond donors (Lipinski definition) is 1. The molecule has 2 rings (SSSR count). The van der Waals surface area contributed by atoms with Gasteiger partial charge in [0.05, 0.1) is 5.60 Å². The Hall–Kier alpha value is -1.13. The highest BCUT2D eigenvalue weighted by atomic mass is 16.5. The van der Waals surface area contributed by atoms with Crippen LogP contribution in [0.1, 0.15) is 37.9 Å². The molecule has 1 saturated heterocycles. The molecule has 1 aromatic heterocycles. The van der Waals surface area contributed by atoms with Crippen molar-refractivity contribution in [3.63, 3.8) is 0 Å². The van der Waals surface area contributed by atoms with Gasteiger partial charge in [-0.2, -0.15) is 0 Å². The summed E-state index contributed by atoms with van der Waals surface area (Å²) in [5.41, 5.74) is 2.35. The molecule has 1 aliphatic rings. The average molecular weight is 277 g/mol. The largest absolute Gasteiger partial charge is 0.377 e. The van der Waals surface area contributed by atoms with Crippen LogP contribution in [0.5, 0.6) is 0 Å². The molecule has 1 aliphatic heterocycles. The molecule has 1 N–H and O–H groups in total. The lowest BCUT2D eigenvalue weighted by Gasteiger charge is -2.40. The van der Waals surface area contributed by atoms with Crippen molar-refractivity contribution in [2.24, 2.45) is 0 Å². The molecule has 2 heterocycles. The molecule has 1 unspecified atom stereocenters. The fourth-order valence-corrected chi connectivity index (χ4v) is 2.77. The van der Waals surface area contributed by atoms with Gasteiger partial charge in [-0.05, 0) is 44.9 Å². The molecule has 0 aliphatic carbocycles. The lowest BCUT2D eigenvalue weighted by Crippen LogP contribution is -2.47. The summed E-state index contributed by atoms with van der Waals surface area (Å²) in [4.78, 5) is 7.12. The molecule has 0 radical (unpaired) electrons. The maximum Gasteiger partial charge on any atom is 0.128 e. The number of nitrogens with one attached hydrogen (secondary N) is 1. The van der Waals surface area contributed by atoms with E-state index >= 15 is 0 Å². The number of piperidine rings is 1. The Labute approximate surface area is 122 Å². The van der Waals surface area contributed by atoms with Crippen molar-refractivity contribution < 1.29 is 4.74 Å². The Bertz CT molecular complexity index is 449. The summed E-state index contributed by atoms with van der Waals surface area (Å²) < 4.78 is 5.66. The molecule has 0 saturated carbocycles. The van der Waals surface area contributed by atoms with Crippen LogP contribution in [0.15, 0.2) is 12.1 Å². The summed E-state index contributed by atoms with van der Waals surface area (Å²) in [6.07, 6.45) is 2.28. The van der Waals surface area contributed by atoms with Gasteiger partial charge in [0.1, 0.15) is 5.82 Å². The van der Waals surface area contributed by atoms with Crippen LogP contribution in [0.3, 0.4) is 0 Å². The number of rotatable bonds is 5.